The molecule has 1 aliphatic rings. The van der Waals surface area contributed by atoms with Crippen LogP contribution in [0.3, 0.4) is 0 Å². The van der Waals surface area contributed by atoms with Crippen LogP contribution in [0.1, 0.15) is 48.1 Å². The lowest BCUT2D eigenvalue weighted by atomic mass is 9.91. The van der Waals surface area contributed by atoms with Gasteiger partial charge in [-0.05, 0) is 34.4 Å². The molecule has 0 fully saturated rings. The van der Waals surface area contributed by atoms with Gasteiger partial charge in [-0.1, -0.05) is 73.0 Å². The first-order valence-electron chi connectivity index (χ1n) is 9.87. The Hall–Kier alpha value is -3.81. The summed E-state index contributed by atoms with van der Waals surface area (Å²) in [4.78, 5) is 12.7. The van der Waals surface area contributed by atoms with Gasteiger partial charge in [-0.2, -0.15) is 9.78 Å². The molecule has 3 heterocycles. The van der Waals surface area contributed by atoms with Crippen LogP contribution in [-0.2, 0) is 0 Å². The van der Waals surface area contributed by atoms with Gasteiger partial charge in [-0.3, -0.25) is 4.79 Å². The summed E-state index contributed by atoms with van der Waals surface area (Å²) < 4.78 is 1.70. The molecule has 0 amide bonds. The Morgan fingerprint density at radius 3 is 2.47 bits per heavy atom. The van der Waals surface area contributed by atoms with Gasteiger partial charge in [0.15, 0.2) is 0 Å². The summed E-state index contributed by atoms with van der Waals surface area (Å²) in [6.45, 7) is 6.36. The fraction of sp³-hybridized carbons (Fsp3) is 0.227. The van der Waals surface area contributed by atoms with Crippen LogP contribution in [0.2, 0.25) is 0 Å². The average molecular weight is 399 g/mol. The molecule has 0 saturated carbocycles. The van der Waals surface area contributed by atoms with Crippen molar-refractivity contribution in [2.75, 3.05) is 5.32 Å². The number of nitrogens with zero attached hydrogens (tertiary/aromatic N) is 5. The van der Waals surface area contributed by atoms with Crippen LogP contribution in [0.4, 0.5) is 11.6 Å². The van der Waals surface area contributed by atoms with Gasteiger partial charge in [0.1, 0.15) is 11.7 Å². The van der Waals surface area contributed by atoms with E-state index in [1.165, 1.54) is 5.56 Å². The van der Waals surface area contributed by atoms with Gasteiger partial charge in [-0.25, -0.2) is 5.10 Å². The number of nitrogens with one attached hydrogen (secondary N) is 2. The average Bonchev–Trinajstić information content (AvgIpc) is 3.22. The van der Waals surface area contributed by atoms with Crippen LogP contribution in [0.5, 0.6) is 0 Å². The van der Waals surface area contributed by atoms with Gasteiger partial charge in [-0.15, -0.1) is 0 Å². The fourth-order valence-corrected chi connectivity index (χ4v) is 3.84. The normalized spacial score (nSPS) is 14.9. The van der Waals surface area contributed by atoms with E-state index in [1.807, 2.05) is 31.2 Å². The molecule has 2 N–H and O–H groups in total. The third-order valence-corrected chi connectivity index (χ3v) is 5.51. The molecule has 0 unspecified atom stereocenters. The molecule has 1 atom stereocenters. The van der Waals surface area contributed by atoms with Crippen molar-refractivity contribution in [1.82, 2.24) is 30.4 Å². The van der Waals surface area contributed by atoms with E-state index < -0.39 is 0 Å². The van der Waals surface area contributed by atoms with Crippen molar-refractivity contribution in [2.24, 2.45) is 0 Å². The molecule has 4 aromatic rings. The lowest BCUT2D eigenvalue weighted by Gasteiger charge is -2.28. The van der Waals surface area contributed by atoms with Crippen LogP contribution in [0.25, 0.3) is 11.3 Å². The minimum atomic E-state index is -0.376. The summed E-state index contributed by atoms with van der Waals surface area (Å²) in [6.07, 6.45) is 0. The van der Waals surface area contributed by atoms with Crippen LogP contribution in [0.15, 0.2) is 53.3 Å². The number of hydrogen-bond acceptors (Lipinski definition) is 6. The quantitative estimate of drug-likeness (QED) is 0.481. The van der Waals surface area contributed by atoms with Gasteiger partial charge in [0.2, 0.25) is 5.95 Å². The smallest absolute Gasteiger partial charge is 0.288 e. The second-order valence-corrected chi connectivity index (χ2v) is 7.85. The van der Waals surface area contributed by atoms with Crippen molar-refractivity contribution < 1.29 is 0 Å². The fourth-order valence-electron chi connectivity index (χ4n) is 3.84. The SMILES string of the molecule is Cc1ccc(-c2n[nH]c(=O)c3c2[C@@H](c2ccc(C(C)C)cc2)n2nnnc2N3)cc1. The first-order valence-corrected chi connectivity index (χ1v) is 9.87. The minimum Gasteiger partial charge on any atom is -0.318 e. The van der Waals surface area contributed by atoms with E-state index >= 15 is 0 Å². The molecule has 0 spiro atoms. The maximum absolute atomic E-state index is 12.7. The van der Waals surface area contributed by atoms with Gasteiger partial charge in [0.25, 0.3) is 5.56 Å². The zero-order chi connectivity index (χ0) is 20.8. The summed E-state index contributed by atoms with van der Waals surface area (Å²) in [5, 5.41) is 22.2. The summed E-state index contributed by atoms with van der Waals surface area (Å²) in [5.74, 6) is 0.850. The van der Waals surface area contributed by atoms with Crippen molar-refractivity contribution >= 4 is 11.6 Å². The molecule has 0 aliphatic carbocycles. The van der Waals surface area contributed by atoms with E-state index in [0.29, 0.717) is 23.2 Å². The predicted molar refractivity (Wildman–Crippen MR) is 114 cm³/mol. The molecular weight excluding hydrogens is 378 g/mol. The van der Waals surface area contributed by atoms with Crippen LogP contribution < -0.4 is 10.9 Å². The van der Waals surface area contributed by atoms with Crippen LogP contribution in [-0.4, -0.2) is 30.4 Å². The zero-order valence-electron chi connectivity index (χ0n) is 16.9. The van der Waals surface area contributed by atoms with Crippen LogP contribution in [0, 0.1) is 6.92 Å². The first-order chi connectivity index (χ1) is 14.5. The van der Waals surface area contributed by atoms with E-state index in [9.17, 15) is 4.79 Å². The second kappa shape index (κ2) is 6.91. The van der Waals surface area contributed by atoms with E-state index in [0.717, 1.165) is 22.3 Å². The molecular formula is C22H21N7O. The molecule has 8 heteroatoms. The van der Waals surface area contributed by atoms with E-state index in [2.05, 4.69) is 69.2 Å². The Balaban J connectivity index is 1.76. The third kappa shape index (κ3) is 2.88. The number of benzene rings is 2. The zero-order valence-corrected chi connectivity index (χ0v) is 16.9. The number of aryl methyl sites for hydroxylation is 1. The second-order valence-electron chi connectivity index (χ2n) is 7.85. The number of rotatable bonds is 3. The van der Waals surface area contributed by atoms with Gasteiger partial charge in [0.05, 0.1) is 5.69 Å². The van der Waals surface area contributed by atoms with Crippen molar-refractivity contribution in [2.45, 2.75) is 32.7 Å². The van der Waals surface area contributed by atoms with E-state index in [4.69, 9.17) is 0 Å². The molecule has 1 aliphatic heterocycles. The molecule has 2 aromatic carbocycles. The Morgan fingerprint density at radius 1 is 1.03 bits per heavy atom. The molecule has 0 saturated heterocycles. The molecule has 5 rings (SSSR count). The topological polar surface area (TPSA) is 101 Å². The van der Waals surface area contributed by atoms with Crippen molar-refractivity contribution in [3.63, 3.8) is 0 Å². The predicted octanol–water partition coefficient (Wildman–Crippen LogP) is 3.55. The minimum absolute atomic E-state index is 0.307. The van der Waals surface area contributed by atoms with Gasteiger partial charge in [0, 0.05) is 11.1 Å². The summed E-state index contributed by atoms with van der Waals surface area (Å²) in [7, 11) is 0. The maximum atomic E-state index is 12.7. The first kappa shape index (κ1) is 18.2. The number of fused-ring (bicyclic) bond motifs is 2. The van der Waals surface area contributed by atoms with Crippen LogP contribution >= 0.6 is 0 Å². The number of anilines is 2. The third-order valence-electron chi connectivity index (χ3n) is 5.51. The summed E-state index contributed by atoms with van der Waals surface area (Å²) >= 11 is 0. The highest BCUT2D eigenvalue weighted by Gasteiger charge is 2.34. The Bertz CT molecular complexity index is 1270. The molecule has 8 nitrogen and oxygen atoms in total. The highest BCUT2D eigenvalue weighted by molar-refractivity contribution is 5.75. The standard InChI is InChI=1S/C22H21N7O/c1-12(2)14-8-10-16(11-9-14)20-17-18(15-6-4-13(3)5-7-15)24-25-21(30)19(17)23-22-26-27-28-29(20)22/h4-12,20H,1-3H3,(H,25,30)(H,23,26,28)/t20-/m1/s1. The highest BCUT2D eigenvalue weighted by Crippen LogP contribution is 2.41. The highest BCUT2D eigenvalue weighted by atomic mass is 16.1. The summed E-state index contributed by atoms with van der Waals surface area (Å²) in [5.41, 5.74) is 5.84. The Labute approximate surface area is 173 Å². The Morgan fingerprint density at radius 2 is 1.77 bits per heavy atom. The van der Waals surface area contributed by atoms with Gasteiger partial charge < -0.3 is 5.32 Å². The number of aromatic nitrogens is 6. The Kier molecular flexibility index (Phi) is 4.20. The molecule has 0 bridgehead atoms. The number of aromatic amines is 1. The largest absolute Gasteiger partial charge is 0.318 e. The number of tetrazole rings is 1. The molecule has 150 valence electrons. The van der Waals surface area contributed by atoms with Crippen molar-refractivity contribution in [3.05, 3.63) is 81.1 Å². The lowest BCUT2D eigenvalue weighted by molar-refractivity contribution is 0.567. The molecule has 30 heavy (non-hydrogen) atoms. The van der Waals surface area contributed by atoms with Crippen molar-refractivity contribution in [1.29, 1.82) is 0 Å². The van der Waals surface area contributed by atoms with E-state index in [1.54, 1.807) is 4.68 Å². The van der Waals surface area contributed by atoms with Crippen molar-refractivity contribution in [3.8, 4) is 11.3 Å². The molecule has 2 aromatic heterocycles. The maximum Gasteiger partial charge on any atom is 0.288 e. The van der Waals surface area contributed by atoms with E-state index in [-0.39, 0.29) is 11.6 Å². The monoisotopic (exact) mass is 399 g/mol. The lowest BCUT2D eigenvalue weighted by Crippen LogP contribution is -2.29. The number of H-pyrrole nitrogens is 1. The summed E-state index contributed by atoms with van der Waals surface area (Å²) in [6, 6.07) is 16.0. The number of hydrogen-bond donors (Lipinski definition) is 2. The van der Waals surface area contributed by atoms with Gasteiger partial charge >= 0.3 is 0 Å². The molecule has 0 radical (unpaired) electrons.